The molecule has 0 unspecified atom stereocenters. The van der Waals surface area contributed by atoms with Gasteiger partial charge < -0.3 is 24.8 Å². The molecule has 0 amide bonds. The standard InChI is InChI=1S/C22H19.C19H19.C2H6Si.2ClH.Zr/c1-15(2)18-13-17-9-6-12-21(22(17)14-18)20-11-5-8-16-7-3-4-10-19(16)20;1-12-5-6-14(3)17(9-12)16-8-7-15(4)18-10-13(2)11-19(16)18;1-3-2;;;/h3-15H,1-2H3;5-11H,1-4H3;1-2H3;2*1H;/q2*-1;;;;+2/p-2. The van der Waals surface area contributed by atoms with Crippen LogP contribution in [0.2, 0.25) is 13.1 Å². The molecule has 0 spiro atoms. The average Bonchev–Trinajstić information content (AvgIpc) is 3.63. The van der Waals surface area contributed by atoms with E-state index < -0.39 is 0 Å². The number of hydrogen-bond donors (Lipinski definition) is 0. The largest absolute Gasteiger partial charge is 1.00 e. The van der Waals surface area contributed by atoms with Crippen molar-refractivity contribution >= 4 is 37.8 Å². The van der Waals surface area contributed by atoms with E-state index in [2.05, 4.69) is 170 Å². The molecular formula is C43H44Cl2SiZr-2. The second kappa shape index (κ2) is 17.1. The molecule has 47 heavy (non-hydrogen) atoms. The van der Waals surface area contributed by atoms with Crippen LogP contribution >= 0.6 is 0 Å². The number of fused-ring (bicyclic) bond motifs is 3. The van der Waals surface area contributed by atoms with Gasteiger partial charge in [0.05, 0.1) is 0 Å². The number of rotatable bonds is 3. The Morgan fingerprint density at radius 1 is 0.574 bits per heavy atom. The quantitative estimate of drug-likeness (QED) is 0.139. The van der Waals surface area contributed by atoms with E-state index in [1.54, 1.807) is 23.3 Å². The summed E-state index contributed by atoms with van der Waals surface area (Å²) in [6.45, 7) is 17.8. The van der Waals surface area contributed by atoms with Crippen LogP contribution in [0.3, 0.4) is 0 Å². The zero-order valence-electron chi connectivity index (χ0n) is 28.8. The predicted molar refractivity (Wildman–Crippen MR) is 198 cm³/mol. The second-order valence-corrected chi connectivity index (χ2v) is 22.3. The molecule has 0 heterocycles. The summed E-state index contributed by atoms with van der Waals surface area (Å²) in [4.78, 5) is 0. The summed E-state index contributed by atoms with van der Waals surface area (Å²) < 4.78 is 0. The van der Waals surface area contributed by atoms with Gasteiger partial charge in [0.25, 0.3) is 0 Å². The Balaban J connectivity index is 0.000000223. The van der Waals surface area contributed by atoms with Gasteiger partial charge in [-0.25, -0.2) is 0 Å². The molecule has 7 aromatic carbocycles. The van der Waals surface area contributed by atoms with E-state index in [0.717, 1.165) is 0 Å². The maximum Gasteiger partial charge on any atom is -0.0247 e. The fourth-order valence-corrected chi connectivity index (χ4v) is 6.14. The molecule has 0 saturated heterocycles. The Labute approximate surface area is 309 Å². The third-order valence-electron chi connectivity index (χ3n) is 8.45. The van der Waals surface area contributed by atoms with Gasteiger partial charge in [-0.3, -0.25) is 0 Å². The summed E-state index contributed by atoms with van der Waals surface area (Å²) in [5.41, 5.74) is 12.4. The normalized spacial score (nSPS) is 10.5. The first kappa shape index (κ1) is 38.7. The van der Waals surface area contributed by atoms with Crippen LogP contribution in [0.25, 0.3) is 54.6 Å². The van der Waals surface area contributed by atoms with Crippen LogP contribution in [0, 0.1) is 27.7 Å². The van der Waals surface area contributed by atoms with E-state index in [0.29, 0.717) is 5.92 Å². The van der Waals surface area contributed by atoms with E-state index in [1.165, 1.54) is 82.4 Å². The Kier molecular flexibility index (Phi) is 14.1. The monoisotopic (exact) mass is 748 g/mol. The van der Waals surface area contributed by atoms with Crippen LogP contribution in [0.5, 0.6) is 0 Å². The van der Waals surface area contributed by atoms with Gasteiger partial charge in [-0.2, -0.15) is 12.1 Å². The van der Waals surface area contributed by atoms with E-state index in [1.807, 2.05) is 0 Å². The molecule has 0 atom stereocenters. The number of halogens is 2. The zero-order valence-corrected chi connectivity index (χ0v) is 33.8. The fourth-order valence-electron chi connectivity index (χ4n) is 6.14. The van der Waals surface area contributed by atoms with Crippen molar-refractivity contribution in [3.8, 4) is 22.3 Å². The first-order valence-corrected chi connectivity index (χ1v) is 22.2. The maximum atomic E-state index is 2.36. The number of benzene rings is 5. The van der Waals surface area contributed by atoms with Gasteiger partial charge in [0.2, 0.25) is 0 Å². The second-order valence-electron chi connectivity index (χ2n) is 12.9. The van der Waals surface area contributed by atoms with Crippen molar-refractivity contribution in [2.45, 2.75) is 60.6 Å². The molecule has 7 rings (SSSR count). The average molecular weight is 751 g/mol. The summed E-state index contributed by atoms with van der Waals surface area (Å²) in [7, 11) is 0. The molecule has 0 aromatic heterocycles. The maximum absolute atomic E-state index is 2.36. The van der Waals surface area contributed by atoms with Crippen molar-refractivity contribution in [2.75, 3.05) is 0 Å². The SMILES string of the molecule is CC(C)c1cc2c(-c3cccc4ccccc34)cccc2[cH-]1.C[Si](C)=[Zr+2].Cc1ccc(C)c(-c2ccc(C)c3[cH-]c(C)cc23)c1.[Cl-].[Cl-]. The van der Waals surface area contributed by atoms with Gasteiger partial charge in [0.15, 0.2) is 0 Å². The van der Waals surface area contributed by atoms with Gasteiger partial charge in [-0.05, 0) is 47.2 Å². The van der Waals surface area contributed by atoms with Crippen LogP contribution in [-0.4, -0.2) is 5.43 Å². The van der Waals surface area contributed by atoms with Crippen molar-refractivity contribution in [1.82, 2.24) is 0 Å². The molecule has 4 heteroatoms. The third-order valence-corrected chi connectivity index (χ3v) is 8.45. The van der Waals surface area contributed by atoms with Gasteiger partial charge in [0, 0.05) is 0 Å². The van der Waals surface area contributed by atoms with Crippen LogP contribution < -0.4 is 24.8 Å². The molecule has 0 N–H and O–H groups in total. The van der Waals surface area contributed by atoms with Gasteiger partial charge in [0.1, 0.15) is 0 Å². The Bertz CT molecular complexity index is 2120. The molecule has 0 aliphatic rings. The first-order chi connectivity index (χ1) is 21.5. The molecule has 0 aliphatic carbocycles. The molecule has 0 saturated carbocycles. The summed E-state index contributed by atoms with van der Waals surface area (Å²) in [5, 5.41) is 8.09. The fraction of sp³-hybridized carbons (Fsp3) is 0.209. The number of aryl methyl sites for hydroxylation is 4. The van der Waals surface area contributed by atoms with Crippen molar-refractivity contribution in [1.29, 1.82) is 0 Å². The molecule has 0 radical (unpaired) electrons. The minimum atomic E-state index is 0. The zero-order chi connectivity index (χ0) is 32.2. The molecule has 0 aliphatic heterocycles. The number of hydrogen-bond acceptors (Lipinski definition) is 0. The Hall–Kier alpha value is -2.74. The van der Waals surface area contributed by atoms with E-state index in [9.17, 15) is 0 Å². The van der Waals surface area contributed by atoms with E-state index >= 15 is 0 Å². The smallest absolute Gasteiger partial charge is 0.0247 e. The topological polar surface area (TPSA) is 0 Å². The molecular weight excluding hydrogens is 707 g/mol. The van der Waals surface area contributed by atoms with E-state index in [-0.39, 0.29) is 30.2 Å². The molecule has 0 fully saturated rings. The van der Waals surface area contributed by atoms with Gasteiger partial charge >= 0.3 is 41.9 Å². The minimum Gasteiger partial charge on any atom is -1.00 e. The summed E-state index contributed by atoms with van der Waals surface area (Å²) >= 11 is 1.74. The minimum absolute atomic E-state index is 0. The molecule has 7 aromatic rings. The van der Waals surface area contributed by atoms with Crippen molar-refractivity contribution in [3.63, 3.8) is 0 Å². The van der Waals surface area contributed by atoms with Crippen LogP contribution in [0.1, 0.15) is 47.6 Å². The molecule has 240 valence electrons. The van der Waals surface area contributed by atoms with Crippen LogP contribution in [0.15, 0.2) is 115 Å². The Morgan fingerprint density at radius 3 is 1.87 bits per heavy atom. The van der Waals surface area contributed by atoms with E-state index in [4.69, 9.17) is 0 Å². The molecule has 0 nitrogen and oxygen atoms in total. The van der Waals surface area contributed by atoms with Crippen molar-refractivity contribution in [3.05, 3.63) is 143 Å². The third kappa shape index (κ3) is 9.04. The van der Waals surface area contributed by atoms with Crippen molar-refractivity contribution in [2.24, 2.45) is 0 Å². The summed E-state index contributed by atoms with van der Waals surface area (Å²) in [6.07, 6.45) is 0. The Morgan fingerprint density at radius 2 is 1.17 bits per heavy atom. The van der Waals surface area contributed by atoms with Crippen LogP contribution in [-0.2, 0) is 23.3 Å². The molecule has 0 bridgehead atoms. The van der Waals surface area contributed by atoms with Crippen molar-refractivity contribution < 1.29 is 48.1 Å². The van der Waals surface area contributed by atoms with Crippen LogP contribution in [0.4, 0.5) is 0 Å². The predicted octanol–water partition coefficient (Wildman–Crippen LogP) is 6.75. The van der Waals surface area contributed by atoms with Gasteiger partial charge in [-0.1, -0.05) is 117 Å². The van der Waals surface area contributed by atoms with Gasteiger partial charge in [-0.15, -0.1) is 68.6 Å². The summed E-state index contributed by atoms with van der Waals surface area (Å²) in [5.74, 6) is 0.563. The summed E-state index contributed by atoms with van der Waals surface area (Å²) in [6, 6.07) is 42.3. The first-order valence-electron chi connectivity index (χ1n) is 16.0.